The summed E-state index contributed by atoms with van der Waals surface area (Å²) in [6.07, 6.45) is 1.00. The van der Waals surface area contributed by atoms with E-state index in [9.17, 15) is 29.7 Å². The fraction of sp³-hybridized carbons (Fsp3) is 0.243. The number of carboxylic acid groups (broad SMARTS) is 2. The number of hydrogen-bond acceptors (Lipinski definition) is 8. The van der Waals surface area contributed by atoms with Crippen molar-refractivity contribution in [3.05, 3.63) is 108 Å². The highest BCUT2D eigenvalue weighted by Gasteiger charge is 2.39. The molecule has 2 heterocycles. The van der Waals surface area contributed by atoms with E-state index in [0.29, 0.717) is 34.9 Å². The van der Waals surface area contributed by atoms with Crippen molar-refractivity contribution in [2.24, 2.45) is 5.92 Å². The van der Waals surface area contributed by atoms with Crippen LogP contribution in [0.4, 0.5) is 0 Å². The first-order valence-electron chi connectivity index (χ1n) is 15.5. The van der Waals surface area contributed by atoms with Crippen LogP contribution >= 0.6 is 0 Å². The van der Waals surface area contributed by atoms with E-state index in [1.54, 1.807) is 12.1 Å². The molecule has 0 aliphatic carbocycles. The zero-order valence-corrected chi connectivity index (χ0v) is 26.1. The van der Waals surface area contributed by atoms with E-state index in [-0.39, 0.29) is 13.3 Å². The lowest BCUT2D eigenvalue weighted by molar-refractivity contribution is -0.160. The van der Waals surface area contributed by atoms with Gasteiger partial charge in [0.15, 0.2) is 17.1 Å². The monoisotopic (exact) mass is 650 g/mol. The van der Waals surface area contributed by atoms with E-state index in [1.165, 1.54) is 4.90 Å². The number of benzene rings is 4. The fourth-order valence-electron chi connectivity index (χ4n) is 6.07. The average Bonchev–Trinajstić information content (AvgIpc) is 3.73. The van der Waals surface area contributed by atoms with Gasteiger partial charge < -0.3 is 34.1 Å². The number of aliphatic hydroxyl groups excluding tert-OH is 1. The number of aromatic nitrogens is 1. The van der Waals surface area contributed by atoms with Crippen molar-refractivity contribution in [1.82, 2.24) is 9.88 Å². The number of carboxylic acids is 2. The maximum absolute atomic E-state index is 14.1. The summed E-state index contributed by atoms with van der Waals surface area (Å²) in [6.45, 7) is 1.92. The molecule has 1 aromatic heterocycles. The van der Waals surface area contributed by atoms with E-state index < -0.39 is 48.2 Å². The second-order valence-corrected chi connectivity index (χ2v) is 11.8. The van der Waals surface area contributed by atoms with Gasteiger partial charge in [-0.3, -0.25) is 14.4 Å². The number of carbonyl (C=O) groups excluding carboxylic acids is 1. The van der Waals surface area contributed by atoms with Crippen LogP contribution in [0.3, 0.4) is 0 Å². The van der Waals surface area contributed by atoms with Crippen LogP contribution in [0.2, 0.25) is 0 Å². The van der Waals surface area contributed by atoms with E-state index in [4.69, 9.17) is 13.9 Å². The number of aliphatic carboxylic acids is 2. The number of nitrogens with zero attached hydrogens (tertiary/aromatic N) is 2. The number of para-hydroxylation sites is 2. The van der Waals surface area contributed by atoms with Gasteiger partial charge in [-0.25, -0.2) is 4.98 Å². The lowest BCUT2D eigenvalue weighted by Crippen LogP contribution is -2.50. The molecule has 6 rings (SSSR count). The summed E-state index contributed by atoms with van der Waals surface area (Å²) >= 11 is 0. The number of rotatable bonds is 13. The predicted molar refractivity (Wildman–Crippen MR) is 176 cm³/mol. The van der Waals surface area contributed by atoms with Crippen molar-refractivity contribution in [3.8, 4) is 11.5 Å². The number of amides is 1. The van der Waals surface area contributed by atoms with Crippen LogP contribution in [0, 0.1) is 5.92 Å². The Labute approximate surface area is 275 Å². The van der Waals surface area contributed by atoms with Gasteiger partial charge in [-0.2, -0.15) is 0 Å². The molecule has 0 spiro atoms. The third-order valence-corrected chi connectivity index (χ3v) is 8.66. The second kappa shape index (κ2) is 14.0. The molecule has 4 unspecified atom stereocenters. The quantitative estimate of drug-likeness (QED) is 0.141. The first-order chi connectivity index (χ1) is 23.2. The van der Waals surface area contributed by atoms with Gasteiger partial charge in [-0.1, -0.05) is 60.7 Å². The largest absolute Gasteiger partial charge is 0.481 e. The molecule has 0 bridgehead atoms. The highest BCUT2D eigenvalue weighted by molar-refractivity contribution is 5.89. The van der Waals surface area contributed by atoms with Crippen molar-refractivity contribution in [1.29, 1.82) is 0 Å². The summed E-state index contributed by atoms with van der Waals surface area (Å²) in [5, 5.41) is 32.2. The molecule has 11 heteroatoms. The molecule has 1 aliphatic heterocycles. The van der Waals surface area contributed by atoms with E-state index in [2.05, 4.69) is 4.98 Å². The Kier molecular flexibility index (Phi) is 9.40. The molecule has 4 aromatic carbocycles. The smallest absolute Gasteiger partial charge is 0.310 e. The number of hydrogen-bond donors (Lipinski definition) is 3. The van der Waals surface area contributed by atoms with Crippen LogP contribution in [0.25, 0.3) is 27.9 Å². The van der Waals surface area contributed by atoms with Gasteiger partial charge in [-0.05, 0) is 71.7 Å². The van der Waals surface area contributed by atoms with Crippen LogP contribution in [-0.2, 0) is 20.9 Å². The number of ether oxygens (including phenoxy) is 2. The molecule has 0 fully saturated rings. The van der Waals surface area contributed by atoms with Gasteiger partial charge >= 0.3 is 11.9 Å². The first kappa shape index (κ1) is 32.3. The van der Waals surface area contributed by atoms with Crippen molar-refractivity contribution in [3.63, 3.8) is 0 Å². The third kappa shape index (κ3) is 7.01. The molecule has 5 aromatic rings. The molecule has 0 radical (unpaired) electrons. The SMILES string of the molecule is CC(C(C/C=C/c1nc2ccccc2o1)c1ccc2c(c1)OCO2)N(Cc1ccc2ccccc2c1)C(=O)C(O)C(CC(=O)O)C(=O)O. The van der Waals surface area contributed by atoms with E-state index in [1.807, 2.05) is 91.9 Å². The van der Waals surface area contributed by atoms with Crippen molar-refractivity contribution < 1.29 is 43.6 Å². The Morgan fingerprint density at radius 1 is 0.917 bits per heavy atom. The van der Waals surface area contributed by atoms with Gasteiger partial charge in [0.1, 0.15) is 17.5 Å². The maximum Gasteiger partial charge on any atom is 0.310 e. The summed E-state index contributed by atoms with van der Waals surface area (Å²) in [6, 6.07) is 25.8. The lowest BCUT2D eigenvalue weighted by atomic mass is 9.86. The molecule has 48 heavy (non-hydrogen) atoms. The Hall–Kier alpha value is -5.68. The lowest BCUT2D eigenvalue weighted by Gasteiger charge is -2.37. The van der Waals surface area contributed by atoms with Crippen LogP contribution in [-0.4, -0.2) is 62.0 Å². The molecule has 11 nitrogen and oxygen atoms in total. The maximum atomic E-state index is 14.1. The minimum Gasteiger partial charge on any atom is -0.481 e. The Bertz CT molecular complexity index is 1970. The van der Waals surface area contributed by atoms with Crippen LogP contribution in [0.15, 0.2) is 95.4 Å². The molecule has 3 N–H and O–H groups in total. The molecule has 1 aliphatic rings. The zero-order chi connectivity index (χ0) is 33.8. The van der Waals surface area contributed by atoms with E-state index >= 15 is 0 Å². The number of fused-ring (bicyclic) bond motifs is 3. The molecule has 1 amide bonds. The van der Waals surface area contributed by atoms with Gasteiger partial charge in [-0.15, -0.1) is 0 Å². The highest BCUT2D eigenvalue weighted by atomic mass is 16.7. The molecule has 0 saturated carbocycles. The van der Waals surface area contributed by atoms with Crippen LogP contribution in [0.1, 0.15) is 42.7 Å². The summed E-state index contributed by atoms with van der Waals surface area (Å²) < 4.78 is 17.0. The number of oxazole rings is 1. The second-order valence-electron chi connectivity index (χ2n) is 11.8. The summed E-state index contributed by atoms with van der Waals surface area (Å²) in [5.74, 6) is -4.61. The average molecular weight is 651 g/mol. The standard InChI is InChI=1S/C37H34N2O9/c1-22(27(26-15-16-31-32(18-26)47-21-46-31)9-6-12-33-38-29-10-4-5-11-30(29)48-33)39(36(43)35(42)28(37(44)45)19-34(40)41)20-23-13-14-24-7-2-3-8-25(24)17-23/h2-8,10-18,22,27-28,35,42H,9,19-21H2,1H3,(H,40,41)(H,44,45)/b12-6+. The molecular weight excluding hydrogens is 616 g/mol. The van der Waals surface area contributed by atoms with Gasteiger partial charge in [0.25, 0.3) is 5.91 Å². The predicted octanol–water partition coefficient (Wildman–Crippen LogP) is 5.85. The Morgan fingerprint density at radius 3 is 2.44 bits per heavy atom. The summed E-state index contributed by atoms with van der Waals surface area (Å²) in [4.78, 5) is 43.6. The van der Waals surface area contributed by atoms with Gasteiger partial charge in [0.2, 0.25) is 12.7 Å². The van der Waals surface area contributed by atoms with Crippen molar-refractivity contribution in [2.45, 2.75) is 44.4 Å². The van der Waals surface area contributed by atoms with Crippen molar-refractivity contribution in [2.75, 3.05) is 6.79 Å². The summed E-state index contributed by atoms with van der Waals surface area (Å²) in [5.41, 5.74) is 2.92. The van der Waals surface area contributed by atoms with Gasteiger partial charge in [0.05, 0.1) is 6.42 Å². The summed E-state index contributed by atoms with van der Waals surface area (Å²) in [7, 11) is 0. The fourth-order valence-corrected chi connectivity index (χ4v) is 6.07. The van der Waals surface area contributed by atoms with Crippen LogP contribution in [0.5, 0.6) is 11.5 Å². The van der Waals surface area contributed by atoms with Crippen molar-refractivity contribution >= 4 is 45.8 Å². The Balaban J connectivity index is 1.37. The minimum atomic E-state index is -2.10. The molecule has 0 saturated heterocycles. The minimum absolute atomic E-state index is 0.0250. The number of allylic oxidation sites excluding steroid dienone is 1. The molecule has 246 valence electrons. The normalized spacial score (nSPS) is 15.0. The topological polar surface area (TPSA) is 160 Å². The molecular formula is C37H34N2O9. The molecule has 4 atom stereocenters. The van der Waals surface area contributed by atoms with Gasteiger partial charge in [0, 0.05) is 18.5 Å². The zero-order valence-electron chi connectivity index (χ0n) is 26.1. The van der Waals surface area contributed by atoms with E-state index in [0.717, 1.165) is 21.9 Å². The number of aliphatic hydroxyl groups is 1. The van der Waals surface area contributed by atoms with Crippen LogP contribution < -0.4 is 9.47 Å². The highest BCUT2D eigenvalue weighted by Crippen LogP contribution is 2.38. The number of carbonyl (C=O) groups is 3. The third-order valence-electron chi connectivity index (χ3n) is 8.66. The first-order valence-corrected chi connectivity index (χ1v) is 15.5. The Morgan fingerprint density at radius 2 is 1.67 bits per heavy atom.